The second-order valence-electron chi connectivity index (χ2n) is 15.0. The predicted octanol–water partition coefficient (Wildman–Crippen LogP) is -0.0407. The first-order valence-electron chi connectivity index (χ1n) is 21.4. The van der Waals surface area contributed by atoms with Gasteiger partial charge in [-0.2, -0.15) is 0 Å². The highest BCUT2D eigenvalue weighted by molar-refractivity contribution is 7.65. The largest absolute Gasteiger partial charge is 0.756 e. The zero-order valence-electron chi connectivity index (χ0n) is 41.2. The molecule has 0 saturated carbocycles. The van der Waals surface area contributed by atoms with Crippen LogP contribution in [0.1, 0.15) is 74.1 Å². The lowest BCUT2D eigenvalue weighted by Gasteiger charge is -2.33. The van der Waals surface area contributed by atoms with Gasteiger partial charge in [0.25, 0.3) is 46.9 Å². The van der Waals surface area contributed by atoms with Gasteiger partial charge < -0.3 is 92.6 Å². The number of ether oxygens (including phenoxy) is 5. The minimum Gasteiger partial charge on any atom is -0.756 e. The highest BCUT2D eigenvalue weighted by Crippen LogP contribution is 2.62. The predicted molar refractivity (Wildman–Crippen MR) is 250 cm³/mol. The maximum Gasteiger partial charge on any atom is 0.407 e. The molecule has 0 spiro atoms. The normalized spacial score (nSPS) is 23.5. The molecule has 2 fully saturated rings. The van der Waals surface area contributed by atoms with Crippen LogP contribution in [0.25, 0.3) is 31.3 Å². The number of rotatable bonds is 32. The molecule has 0 aliphatic carbocycles. The van der Waals surface area contributed by atoms with E-state index in [0.717, 1.165) is 0 Å². The molecule has 2 heterocycles. The lowest BCUT2D eigenvalue weighted by Crippen LogP contribution is -2.38. The Bertz CT molecular complexity index is 2500. The molecule has 5 N–H and O–H groups in total. The number of alkyl carbamates (subject to hydrolysis) is 1. The summed E-state index contributed by atoms with van der Waals surface area (Å²) in [6.07, 6.45) is -4.73. The molecule has 0 bridgehead atoms. The third-order valence-corrected chi connectivity index (χ3v) is 15.8. The molecule has 14 atom stereocenters. The Kier molecular flexibility index (Phi) is 37.0. The fourth-order valence-corrected chi connectivity index (χ4v) is 11.4. The fraction of sp³-hybridized carbons (Fsp3) is 0.812. The van der Waals surface area contributed by atoms with Crippen LogP contribution < -0.4 is 45.3 Å². The van der Waals surface area contributed by atoms with E-state index in [1.54, 1.807) is 20.8 Å². The van der Waals surface area contributed by atoms with E-state index in [-0.39, 0.29) is 71.0 Å². The number of phosphoric ester groups is 2. The van der Waals surface area contributed by atoms with Crippen molar-refractivity contribution in [2.45, 2.75) is 123 Å². The van der Waals surface area contributed by atoms with Gasteiger partial charge in [0, 0.05) is 54.0 Å². The molecule has 41 nitrogen and oxygen atoms in total. The fourth-order valence-electron chi connectivity index (χ4n) is 5.60. The molecular weight excluding hydrogens is 1200 g/mol. The Morgan fingerprint density at radius 3 is 1.70 bits per heavy atom. The molecule has 0 aromatic carbocycles. The van der Waals surface area contributed by atoms with Gasteiger partial charge in [-0.3, -0.25) is 37.0 Å². The Hall–Kier alpha value is -3.97. The van der Waals surface area contributed by atoms with E-state index in [2.05, 4.69) is 84.2 Å². The number of Topliss-reactive ketones (excluding diaryl/α,β-unsaturated/α-hetero) is 1. The van der Waals surface area contributed by atoms with E-state index in [1.807, 2.05) is 0 Å². The Morgan fingerprint density at radius 2 is 1.24 bits per heavy atom. The van der Waals surface area contributed by atoms with Crippen molar-refractivity contribution in [1.29, 1.82) is 0 Å². The molecule has 79 heavy (non-hydrogen) atoms. The number of nitrogens with zero attached hydrogens (tertiary/aromatic N) is 9. The molecule has 0 radical (unpaired) electrons. The lowest BCUT2D eigenvalue weighted by molar-refractivity contribution is -0.254. The van der Waals surface area contributed by atoms with Crippen LogP contribution in [-0.4, -0.2) is 129 Å². The number of hydrogen-bond acceptors (Lipinski definition) is 30. The highest BCUT2D eigenvalue weighted by atomic mass is 31.3. The minimum absolute atomic E-state index is 0. The van der Waals surface area contributed by atoms with Crippen molar-refractivity contribution < 1.29 is 136 Å². The van der Waals surface area contributed by atoms with Gasteiger partial charge in [0.15, 0.2) is 6.04 Å². The highest BCUT2D eigenvalue weighted by Gasteiger charge is 2.38. The zero-order chi connectivity index (χ0) is 60.0. The summed E-state index contributed by atoms with van der Waals surface area (Å²) in [5.74, 6) is 4.34. The molecular formula is C32H56N12O29P6-6. The second kappa shape index (κ2) is 37.9. The summed E-state index contributed by atoms with van der Waals surface area (Å²) >= 11 is 0. The van der Waals surface area contributed by atoms with Crippen LogP contribution in [-0.2, 0) is 91.7 Å². The van der Waals surface area contributed by atoms with E-state index in [4.69, 9.17) is 50.1 Å². The van der Waals surface area contributed by atoms with Crippen LogP contribution in [0.3, 0.4) is 0 Å². The van der Waals surface area contributed by atoms with Crippen molar-refractivity contribution in [3.63, 3.8) is 0 Å². The third kappa shape index (κ3) is 40.0. The molecule has 0 aromatic rings. The summed E-state index contributed by atoms with van der Waals surface area (Å²) in [4.78, 5) is 135. The topological polar surface area (TPSA) is 633 Å². The summed E-state index contributed by atoms with van der Waals surface area (Å²) in [5, 5.41) is 17.2. The van der Waals surface area contributed by atoms with Crippen molar-refractivity contribution in [2.75, 3.05) is 46.2 Å². The maximum atomic E-state index is 11.8. The summed E-state index contributed by atoms with van der Waals surface area (Å²) in [5.41, 5.74) is 25.2. The van der Waals surface area contributed by atoms with Gasteiger partial charge in [-0.25, -0.2) is 22.0 Å². The van der Waals surface area contributed by atoms with Crippen LogP contribution in [0.5, 0.6) is 0 Å². The Balaban J connectivity index is 0. The summed E-state index contributed by atoms with van der Waals surface area (Å²) in [6, 6.07) is -1.16. The third-order valence-electron chi connectivity index (χ3n) is 8.43. The number of carbonyl (C=O) groups excluding carboxylic acids is 4. The maximum absolute atomic E-state index is 11.8. The molecule has 2 saturated heterocycles. The number of phosphoric acid groups is 6. The van der Waals surface area contributed by atoms with Gasteiger partial charge in [-0.05, 0) is 57.1 Å². The minimum atomic E-state index is -6.01. The van der Waals surface area contributed by atoms with Gasteiger partial charge in [-0.1, -0.05) is 28.7 Å². The average molecular weight is 1260 g/mol. The van der Waals surface area contributed by atoms with Crippen molar-refractivity contribution in [3.8, 4) is 11.8 Å². The van der Waals surface area contributed by atoms with Crippen molar-refractivity contribution >= 4 is 70.6 Å². The van der Waals surface area contributed by atoms with Crippen LogP contribution in [0.2, 0.25) is 0 Å². The summed E-state index contributed by atoms with van der Waals surface area (Å²) in [7, 11) is -34.8. The zero-order valence-corrected chi connectivity index (χ0v) is 46.6. The van der Waals surface area contributed by atoms with Crippen LogP contribution in [0.15, 0.2) is 15.3 Å². The molecule has 2 rings (SSSR count). The lowest BCUT2D eigenvalue weighted by atomic mass is 10.1. The first-order chi connectivity index (χ1) is 36.0. The number of ketones is 1. The molecule has 0 aromatic heterocycles. The van der Waals surface area contributed by atoms with E-state index >= 15 is 0 Å². The molecule has 454 valence electrons. The van der Waals surface area contributed by atoms with E-state index in [1.165, 1.54) is 13.8 Å². The number of carbonyl (C=O) groups is 4. The summed E-state index contributed by atoms with van der Waals surface area (Å²) in [6.45, 7) is 5.88. The van der Waals surface area contributed by atoms with Gasteiger partial charge in [0.05, 0.1) is 44.2 Å². The van der Waals surface area contributed by atoms with Crippen molar-refractivity contribution in [3.05, 3.63) is 31.3 Å². The van der Waals surface area contributed by atoms with E-state index < -0.39 is 115 Å². The van der Waals surface area contributed by atoms with E-state index in [9.17, 15) is 75.9 Å². The van der Waals surface area contributed by atoms with Gasteiger partial charge in [-0.15, -0.1) is 5.92 Å². The Morgan fingerprint density at radius 1 is 0.734 bits per heavy atom. The molecule has 47 heteroatoms. The van der Waals surface area contributed by atoms with Crippen molar-refractivity contribution in [2.24, 2.45) is 15.3 Å². The standard InChI is InChI=1S/C13H19N5O4.C11H23N4O13P3.C7H16N3O12P3.CH4/c1-3-4-7-16-13(21)22-9-11(17-18-14)12(20)15-8-5-6-10(2)19;1-7-5-9(26-11(14-15-12)3-4-13-8(2)16)10(25-7)6-24-30(20,21)28-31(22,23)27-29(17,18)19;1-5-2-6(18-4-9-10-8)7(20-5)3-19-24(14,15)22-25(16,17)21-23(11,12)13;/h11H,5-9H2,1-2H3,(H,15,20)(H,16,21);7,9-11H,3-6H2,1-2H3,(H,13,16)(H,20,21)(H,22,23)(H2,17,18,19);5-7H,2-4H2,1H3,(H,14,15)(H,16,17)(H2,11,12,13);1H4/p-6/t;7-,9?,10+,11?;5-,6?,7+;/m.00./s1. The van der Waals surface area contributed by atoms with Gasteiger partial charge in [0.2, 0.25) is 11.8 Å². The molecule has 10 unspecified atom stereocenters. The smallest absolute Gasteiger partial charge is 0.407 e. The quantitative estimate of drug-likeness (QED) is 0.0147. The second-order valence-corrected chi connectivity index (χ2v) is 23.5. The van der Waals surface area contributed by atoms with Crippen molar-refractivity contribution in [1.82, 2.24) is 16.0 Å². The SMILES string of the molecule is C.CC#CCNC(=O)OCC(N=[N+]=[N-])C(=O)NCCCC(C)=O.CC(=O)NCCC(N=[N+]=[N-])OC1C[C@H](C)O[C@@H]1COP(=O)([O-])OP(=O)([O-])OP(=O)([O-])O.C[C@H]1CC(OCN=[N+]=[N-])[C@@H](COP(=O)([O-])OP(=O)([O-])OP(=O)([O-])O)O1. The molecule has 2 aliphatic heterocycles. The van der Waals surface area contributed by atoms with Gasteiger partial charge >= 0.3 is 6.09 Å². The average Bonchev–Trinajstić information content (AvgIpc) is 3.82. The van der Waals surface area contributed by atoms with Gasteiger partial charge in [0.1, 0.15) is 37.6 Å². The monoisotopic (exact) mass is 1260 g/mol. The van der Waals surface area contributed by atoms with Crippen LogP contribution >= 0.6 is 46.9 Å². The first-order valence-corrected chi connectivity index (χ1v) is 30.3. The number of nitrogens with one attached hydrogen (secondary N) is 3. The van der Waals surface area contributed by atoms with Crippen LogP contribution in [0, 0.1) is 11.8 Å². The molecule has 3 amide bonds. The molecule has 2 aliphatic rings. The van der Waals surface area contributed by atoms with Crippen LogP contribution in [0.4, 0.5) is 4.79 Å². The number of hydrogen-bond donors (Lipinski definition) is 5. The Labute approximate surface area is 449 Å². The van der Waals surface area contributed by atoms with E-state index in [0.29, 0.717) is 19.3 Å². The first kappa shape index (κ1) is 77.1. The number of amides is 3. The summed E-state index contributed by atoms with van der Waals surface area (Å²) < 4.78 is 114. The number of azide groups is 3.